The number of benzene rings is 1. The van der Waals surface area contributed by atoms with Crippen LogP contribution in [-0.4, -0.2) is 5.88 Å². The molecule has 0 saturated heterocycles. The lowest BCUT2D eigenvalue weighted by Gasteiger charge is -2.02. The van der Waals surface area contributed by atoms with Gasteiger partial charge in [-0.05, 0) is 37.0 Å². The first-order chi connectivity index (χ1) is 5.24. The van der Waals surface area contributed by atoms with Gasteiger partial charge in [-0.2, -0.15) is 0 Å². The third-order valence-electron chi connectivity index (χ3n) is 1.95. The van der Waals surface area contributed by atoms with Gasteiger partial charge in [0.1, 0.15) is 0 Å². The highest BCUT2D eigenvalue weighted by Gasteiger charge is 1.94. The summed E-state index contributed by atoms with van der Waals surface area (Å²) in [6, 6.07) is 6.50. The molecule has 0 heterocycles. The Hall–Kier alpha value is -0.490. The van der Waals surface area contributed by atoms with E-state index in [-0.39, 0.29) is 0 Å². The van der Waals surface area contributed by atoms with E-state index in [1.807, 2.05) is 0 Å². The zero-order chi connectivity index (χ0) is 8.27. The largest absolute Gasteiger partial charge is 0.126 e. The molecule has 0 saturated carbocycles. The van der Waals surface area contributed by atoms with E-state index < -0.39 is 0 Å². The molecule has 0 radical (unpaired) electrons. The van der Waals surface area contributed by atoms with Crippen molar-refractivity contribution >= 4 is 11.6 Å². The topological polar surface area (TPSA) is 0 Å². The fourth-order valence-electron chi connectivity index (χ4n) is 1.07. The van der Waals surface area contributed by atoms with Gasteiger partial charge in [-0.15, -0.1) is 11.6 Å². The zero-order valence-electron chi connectivity index (χ0n) is 7.02. The second-order valence-electron chi connectivity index (χ2n) is 2.86. The van der Waals surface area contributed by atoms with E-state index in [1.54, 1.807) is 0 Å². The Kier molecular flexibility index (Phi) is 2.95. The first-order valence-corrected chi connectivity index (χ1v) is 4.39. The summed E-state index contributed by atoms with van der Waals surface area (Å²) in [7, 11) is 0. The van der Waals surface area contributed by atoms with Crippen molar-refractivity contribution in [3.05, 3.63) is 34.9 Å². The van der Waals surface area contributed by atoms with Gasteiger partial charge in [0.05, 0.1) is 0 Å². The molecule has 0 aliphatic heterocycles. The third kappa shape index (κ3) is 2.23. The normalized spacial score (nSPS) is 10.1. The van der Waals surface area contributed by atoms with Gasteiger partial charge in [-0.25, -0.2) is 0 Å². The Labute approximate surface area is 73.2 Å². The second kappa shape index (κ2) is 3.77. The molecule has 0 aliphatic rings. The van der Waals surface area contributed by atoms with E-state index in [4.69, 9.17) is 11.6 Å². The quantitative estimate of drug-likeness (QED) is 0.596. The van der Waals surface area contributed by atoms with Gasteiger partial charge in [-0.1, -0.05) is 18.2 Å². The van der Waals surface area contributed by atoms with Crippen LogP contribution in [0.5, 0.6) is 0 Å². The molecular weight excluding hydrogens is 156 g/mol. The second-order valence-corrected chi connectivity index (χ2v) is 3.24. The Morgan fingerprint density at radius 2 is 1.91 bits per heavy atom. The van der Waals surface area contributed by atoms with E-state index in [0.29, 0.717) is 5.88 Å². The maximum Gasteiger partial charge on any atom is 0.0263 e. The summed E-state index contributed by atoms with van der Waals surface area (Å²) < 4.78 is 0. The Bertz CT molecular complexity index is 241. The van der Waals surface area contributed by atoms with Crippen LogP contribution in [0.1, 0.15) is 16.7 Å². The van der Waals surface area contributed by atoms with Crippen LogP contribution in [0.2, 0.25) is 0 Å². The lowest BCUT2D eigenvalue weighted by molar-refractivity contribution is 1.13. The fourth-order valence-corrected chi connectivity index (χ4v) is 1.29. The summed E-state index contributed by atoms with van der Waals surface area (Å²) in [4.78, 5) is 0. The lowest BCUT2D eigenvalue weighted by atomic mass is 10.1. The molecule has 11 heavy (non-hydrogen) atoms. The maximum absolute atomic E-state index is 5.63. The number of aryl methyl sites for hydroxylation is 3. The molecule has 0 aromatic heterocycles. The molecule has 0 aliphatic carbocycles. The van der Waals surface area contributed by atoms with Crippen LogP contribution in [-0.2, 0) is 6.42 Å². The van der Waals surface area contributed by atoms with Crippen molar-refractivity contribution in [1.29, 1.82) is 0 Å². The van der Waals surface area contributed by atoms with Crippen LogP contribution in [0.4, 0.5) is 0 Å². The van der Waals surface area contributed by atoms with Gasteiger partial charge in [0.15, 0.2) is 0 Å². The number of hydrogen-bond acceptors (Lipinski definition) is 0. The van der Waals surface area contributed by atoms with Crippen LogP contribution >= 0.6 is 11.6 Å². The van der Waals surface area contributed by atoms with Crippen molar-refractivity contribution in [3.8, 4) is 0 Å². The highest BCUT2D eigenvalue weighted by Crippen LogP contribution is 2.10. The summed E-state index contributed by atoms with van der Waals surface area (Å²) in [5.41, 5.74) is 4.04. The van der Waals surface area contributed by atoms with E-state index in [9.17, 15) is 0 Å². The summed E-state index contributed by atoms with van der Waals surface area (Å²) in [6.45, 7) is 4.26. The highest BCUT2D eigenvalue weighted by molar-refractivity contribution is 6.17. The summed E-state index contributed by atoms with van der Waals surface area (Å²) in [5.74, 6) is 0.711. The Morgan fingerprint density at radius 1 is 1.18 bits per heavy atom. The van der Waals surface area contributed by atoms with E-state index in [0.717, 1.165) is 6.42 Å². The van der Waals surface area contributed by atoms with Gasteiger partial charge in [-0.3, -0.25) is 0 Å². The van der Waals surface area contributed by atoms with Gasteiger partial charge in [0.2, 0.25) is 0 Å². The van der Waals surface area contributed by atoms with Crippen LogP contribution < -0.4 is 0 Å². The maximum atomic E-state index is 5.63. The van der Waals surface area contributed by atoms with Crippen molar-refractivity contribution in [2.45, 2.75) is 20.3 Å². The molecule has 0 N–H and O–H groups in total. The molecule has 0 unspecified atom stereocenters. The average Bonchev–Trinajstić information content (AvgIpc) is 1.98. The van der Waals surface area contributed by atoms with Crippen LogP contribution in [0, 0.1) is 13.8 Å². The van der Waals surface area contributed by atoms with Crippen LogP contribution in [0.25, 0.3) is 0 Å². The standard InChI is InChI=1S/C10H13Cl/c1-8-3-4-10(5-6-11)7-9(8)2/h3-4,7H,5-6H2,1-2H3. The molecule has 1 aromatic rings. The lowest BCUT2D eigenvalue weighted by Crippen LogP contribution is -1.88. The summed E-state index contributed by atoms with van der Waals surface area (Å²) in [6.07, 6.45) is 0.975. The molecule has 0 amide bonds. The van der Waals surface area contributed by atoms with Gasteiger partial charge >= 0.3 is 0 Å². The number of hydrogen-bond donors (Lipinski definition) is 0. The third-order valence-corrected chi connectivity index (χ3v) is 2.14. The molecule has 0 fully saturated rings. The van der Waals surface area contributed by atoms with Crippen LogP contribution in [0.15, 0.2) is 18.2 Å². The Morgan fingerprint density at radius 3 is 2.45 bits per heavy atom. The Balaban J connectivity index is 2.86. The van der Waals surface area contributed by atoms with Gasteiger partial charge in [0.25, 0.3) is 0 Å². The average molecular weight is 169 g/mol. The van der Waals surface area contributed by atoms with Gasteiger partial charge in [0, 0.05) is 5.88 Å². The predicted octanol–water partition coefficient (Wildman–Crippen LogP) is 3.08. The summed E-state index contributed by atoms with van der Waals surface area (Å²) in [5, 5.41) is 0. The summed E-state index contributed by atoms with van der Waals surface area (Å²) >= 11 is 5.63. The predicted molar refractivity (Wildman–Crippen MR) is 50.3 cm³/mol. The first kappa shape index (κ1) is 8.61. The SMILES string of the molecule is Cc1ccc(CCCl)cc1C. The number of rotatable bonds is 2. The fraction of sp³-hybridized carbons (Fsp3) is 0.400. The zero-order valence-corrected chi connectivity index (χ0v) is 7.78. The molecule has 60 valence electrons. The van der Waals surface area contributed by atoms with Gasteiger partial charge < -0.3 is 0 Å². The van der Waals surface area contributed by atoms with Crippen LogP contribution in [0.3, 0.4) is 0 Å². The molecule has 0 spiro atoms. The minimum absolute atomic E-state index is 0.711. The molecular formula is C10H13Cl. The van der Waals surface area contributed by atoms with Crippen molar-refractivity contribution in [2.75, 3.05) is 5.88 Å². The van der Waals surface area contributed by atoms with E-state index >= 15 is 0 Å². The smallest absolute Gasteiger partial charge is 0.0263 e. The van der Waals surface area contributed by atoms with Crippen molar-refractivity contribution in [3.63, 3.8) is 0 Å². The van der Waals surface area contributed by atoms with E-state index in [2.05, 4.69) is 32.0 Å². The molecule has 1 heteroatoms. The molecule has 0 nitrogen and oxygen atoms in total. The monoisotopic (exact) mass is 168 g/mol. The minimum Gasteiger partial charge on any atom is -0.126 e. The number of halogens is 1. The van der Waals surface area contributed by atoms with Crippen molar-refractivity contribution in [2.24, 2.45) is 0 Å². The molecule has 0 bridgehead atoms. The van der Waals surface area contributed by atoms with Crippen molar-refractivity contribution < 1.29 is 0 Å². The molecule has 1 aromatic carbocycles. The van der Waals surface area contributed by atoms with E-state index in [1.165, 1.54) is 16.7 Å². The minimum atomic E-state index is 0.711. The van der Waals surface area contributed by atoms with Crippen molar-refractivity contribution in [1.82, 2.24) is 0 Å². The first-order valence-electron chi connectivity index (χ1n) is 3.86. The molecule has 0 atom stereocenters. The number of alkyl halides is 1. The molecule has 1 rings (SSSR count). The highest BCUT2D eigenvalue weighted by atomic mass is 35.5.